The maximum atomic E-state index is 2.69. The number of likely N-dealkylation sites (tertiary alicyclic amines) is 1. The molecule has 0 N–H and O–H groups in total. The minimum atomic E-state index is 0.336. The fourth-order valence-corrected chi connectivity index (χ4v) is 3.56. The average Bonchev–Trinajstić information content (AvgIpc) is 2.77. The van der Waals surface area contributed by atoms with E-state index in [-0.39, 0.29) is 0 Å². The minimum absolute atomic E-state index is 0.336. The standard InChI is InChI=1S/C17H35N3/c1-16(2,3)19-11-9-18(10-12-19)13-15-7-8-20(14-15)17(4,5)6/h15H,7-14H2,1-6H3/t15-/m1/s1. The summed E-state index contributed by atoms with van der Waals surface area (Å²) in [5.41, 5.74) is 0.683. The Labute approximate surface area is 126 Å². The van der Waals surface area contributed by atoms with Crippen molar-refractivity contribution in [2.45, 2.75) is 59.0 Å². The summed E-state index contributed by atoms with van der Waals surface area (Å²) in [6, 6.07) is 0. The van der Waals surface area contributed by atoms with E-state index in [0.29, 0.717) is 11.1 Å². The molecule has 0 aromatic carbocycles. The van der Waals surface area contributed by atoms with Crippen molar-refractivity contribution in [1.82, 2.24) is 14.7 Å². The van der Waals surface area contributed by atoms with Crippen LogP contribution in [0.1, 0.15) is 48.0 Å². The molecule has 2 saturated heterocycles. The molecule has 0 aromatic rings. The van der Waals surface area contributed by atoms with Crippen molar-refractivity contribution in [1.29, 1.82) is 0 Å². The lowest BCUT2D eigenvalue weighted by molar-refractivity contribution is 0.0546. The largest absolute Gasteiger partial charge is 0.300 e. The molecule has 118 valence electrons. The number of hydrogen-bond donors (Lipinski definition) is 0. The van der Waals surface area contributed by atoms with Crippen molar-refractivity contribution in [3.63, 3.8) is 0 Å². The summed E-state index contributed by atoms with van der Waals surface area (Å²) in [6.07, 6.45) is 1.39. The van der Waals surface area contributed by atoms with Crippen LogP contribution in [0, 0.1) is 5.92 Å². The zero-order valence-corrected chi connectivity index (χ0v) is 14.6. The average molecular weight is 281 g/mol. The first-order valence-electron chi connectivity index (χ1n) is 8.39. The van der Waals surface area contributed by atoms with Crippen LogP contribution >= 0.6 is 0 Å². The van der Waals surface area contributed by atoms with E-state index in [1.165, 1.54) is 52.2 Å². The fourth-order valence-electron chi connectivity index (χ4n) is 3.56. The zero-order chi connectivity index (χ0) is 15.0. The van der Waals surface area contributed by atoms with Crippen LogP contribution in [-0.2, 0) is 0 Å². The Balaban J connectivity index is 1.74. The predicted octanol–water partition coefficient (Wildman–Crippen LogP) is 2.52. The summed E-state index contributed by atoms with van der Waals surface area (Å²) in [5, 5.41) is 0. The predicted molar refractivity (Wildman–Crippen MR) is 87.2 cm³/mol. The molecule has 3 heteroatoms. The van der Waals surface area contributed by atoms with Crippen LogP contribution in [-0.4, -0.2) is 71.6 Å². The number of rotatable bonds is 2. The Bertz CT molecular complexity index is 305. The number of hydrogen-bond acceptors (Lipinski definition) is 3. The molecule has 2 aliphatic heterocycles. The SMILES string of the molecule is CC(C)(C)N1CCN(C[C@H]2CCN(C(C)(C)C)C2)CC1. The Morgan fingerprint density at radius 2 is 1.30 bits per heavy atom. The molecule has 20 heavy (non-hydrogen) atoms. The first kappa shape index (κ1) is 16.3. The molecular formula is C17H35N3. The van der Waals surface area contributed by atoms with Gasteiger partial charge in [0, 0.05) is 50.3 Å². The highest BCUT2D eigenvalue weighted by molar-refractivity contribution is 4.88. The summed E-state index contributed by atoms with van der Waals surface area (Å²) in [5.74, 6) is 0.885. The normalized spacial score (nSPS) is 28.2. The van der Waals surface area contributed by atoms with Gasteiger partial charge in [-0.3, -0.25) is 9.80 Å². The molecule has 0 aliphatic carbocycles. The molecular weight excluding hydrogens is 246 g/mol. The van der Waals surface area contributed by atoms with E-state index < -0.39 is 0 Å². The number of nitrogens with zero attached hydrogens (tertiary/aromatic N) is 3. The van der Waals surface area contributed by atoms with Gasteiger partial charge in [0.15, 0.2) is 0 Å². The Hall–Kier alpha value is -0.120. The van der Waals surface area contributed by atoms with Crippen LogP contribution in [0.25, 0.3) is 0 Å². The van der Waals surface area contributed by atoms with Gasteiger partial charge in [-0.15, -0.1) is 0 Å². The van der Waals surface area contributed by atoms with E-state index in [0.717, 1.165) is 5.92 Å². The molecule has 2 heterocycles. The highest BCUT2D eigenvalue weighted by Crippen LogP contribution is 2.25. The van der Waals surface area contributed by atoms with Gasteiger partial charge in [-0.1, -0.05) is 0 Å². The molecule has 0 saturated carbocycles. The van der Waals surface area contributed by atoms with Crippen molar-refractivity contribution in [3.8, 4) is 0 Å². The fraction of sp³-hybridized carbons (Fsp3) is 1.00. The van der Waals surface area contributed by atoms with Crippen molar-refractivity contribution in [2.75, 3.05) is 45.8 Å². The zero-order valence-electron chi connectivity index (χ0n) is 14.6. The third-order valence-corrected chi connectivity index (χ3v) is 5.07. The van der Waals surface area contributed by atoms with Gasteiger partial charge < -0.3 is 4.90 Å². The van der Waals surface area contributed by atoms with Gasteiger partial charge >= 0.3 is 0 Å². The van der Waals surface area contributed by atoms with E-state index >= 15 is 0 Å². The van der Waals surface area contributed by atoms with Crippen molar-refractivity contribution in [2.24, 2.45) is 5.92 Å². The maximum Gasteiger partial charge on any atom is 0.0126 e. The highest BCUT2D eigenvalue weighted by atomic mass is 15.3. The summed E-state index contributed by atoms with van der Waals surface area (Å²) in [6.45, 7) is 22.9. The van der Waals surface area contributed by atoms with Crippen LogP contribution in [0.2, 0.25) is 0 Å². The first-order chi connectivity index (χ1) is 9.16. The lowest BCUT2D eigenvalue weighted by Gasteiger charge is -2.43. The molecule has 0 aromatic heterocycles. The van der Waals surface area contributed by atoms with Gasteiger partial charge in [0.2, 0.25) is 0 Å². The maximum absolute atomic E-state index is 2.69. The van der Waals surface area contributed by atoms with Crippen molar-refractivity contribution in [3.05, 3.63) is 0 Å². The second kappa shape index (κ2) is 5.94. The second-order valence-corrected chi connectivity index (χ2v) is 8.73. The molecule has 0 radical (unpaired) electrons. The lowest BCUT2D eigenvalue weighted by atomic mass is 10.0. The van der Waals surface area contributed by atoms with Crippen LogP contribution in [0.3, 0.4) is 0 Å². The first-order valence-corrected chi connectivity index (χ1v) is 8.39. The summed E-state index contributed by atoms with van der Waals surface area (Å²) in [7, 11) is 0. The Kier molecular flexibility index (Phi) is 4.83. The quantitative estimate of drug-likeness (QED) is 0.770. The summed E-state index contributed by atoms with van der Waals surface area (Å²) < 4.78 is 0. The topological polar surface area (TPSA) is 9.72 Å². The van der Waals surface area contributed by atoms with Crippen LogP contribution in [0.4, 0.5) is 0 Å². The smallest absolute Gasteiger partial charge is 0.0126 e. The van der Waals surface area contributed by atoms with E-state index in [1.807, 2.05) is 0 Å². The molecule has 0 unspecified atom stereocenters. The number of piperazine rings is 1. The van der Waals surface area contributed by atoms with Crippen LogP contribution < -0.4 is 0 Å². The minimum Gasteiger partial charge on any atom is -0.300 e. The molecule has 2 aliphatic rings. The van der Waals surface area contributed by atoms with Gasteiger partial charge in [-0.05, 0) is 60.4 Å². The summed E-state index contributed by atoms with van der Waals surface area (Å²) >= 11 is 0. The Morgan fingerprint density at radius 1 is 0.750 bits per heavy atom. The molecule has 0 bridgehead atoms. The van der Waals surface area contributed by atoms with E-state index in [1.54, 1.807) is 0 Å². The van der Waals surface area contributed by atoms with E-state index in [2.05, 4.69) is 56.2 Å². The summed E-state index contributed by atoms with van der Waals surface area (Å²) in [4.78, 5) is 7.97. The highest BCUT2D eigenvalue weighted by Gasteiger charge is 2.32. The van der Waals surface area contributed by atoms with Crippen LogP contribution in [0.5, 0.6) is 0 Å². The molecule has 2 fully saturated rings. The lowest BCUT2D eigenvalue weighted by Crippen LogP contribution is -2.54. The van der Waals surface area contributed by atoms with Gasteiger partial charge in [-0.25, -0.2) is 0 Å². The van der Waals surface area contributed by atoms with Gasteiger partial charge in [0.1, 0.15) is 0 Å². The Morgan fingerprint density at radius 3 is 1.75 bits per heavy atom. The van der Waals surface area contributed by atoms with E-state index in [9.17, 15) is 0 Å². The third-order valence-electron chi connectivity index (χ3n) is 5.07. The molecule has 0 spiro atoms. The molecule has 1 atom stereocenters. The molecule has 2 rings (SSSR count). The second-order valence-electron chi connectivity index (χ2n) is 8.73. The van der Waals surface area contributed by atoms with Gasteiger partial charge in [0.05, 0.1) is 0 Å². The van der Waals surface area contributed by atoms with Gasteiger partial charge in [0.25, 0.3) is 0 Å². The van der Waals surface area contributed by atoms with Crippen molar-refractivity contribution < 1.29 is 0 Å². The third kappa shape index (κ3) is 4.19. The molecule has 0 amide bonds. The monoisotopic (exact) mass is 281 g/mol. The van der Waals surface area contributed by atoms with Crippen molar-refractivity contribution >= 4 is 0 Å². The van der Waals surface area contributed by atoms with Crippen LogP contribution in [0.15, 0.2) is 0 Å². The molecule has 3 nitrogen and oxygen atoms in total. The van der Waals surface area contributed by atoms with Gasteiger partial charge in [-0.2, -0.15) is 0 Å². The van der Waals surface area contributed by atoms with E-state index in [4.69, 9.17) is 0 Å².